The van der Waals surface area contributed by atoms with Gasteiger partial charge in [-0.05, 0) is 38.1 Å². The van der Waals surface area contributed by atoms with Crippen molar-refractivity contribution in [2.24, 2.45) is 0 Å². The highest BCUT2D eigenvalue weighted by Crippen LogP contribution is 2.26. The summed E-state index contributed by atoms with van der Waals surface area (Å²) in [6, 6.07) is 6.27. The molecular weight excluding hydrogens is 318 g/mol. The van der Waals surface area contributed by atoms with E-state index in [4.69, 9.17) is 4.74 Å². The number of aryl methyl sites for hydroxylation is 2. The summed E-state index contributed by atoms with van der Waals surface area (Å²) in [5.41, 5.74) is 3.07. The van der Waals surface area contributed by atoms with E-state index in [2.05, 4.69) is 38.1 Å². The lowest BCUT2D eigenvalue weighted by Crippen LogP contribution is -2.13. The number of rotatable bonds is 5. The number of halogens is 1. The second kappa shape index (κ2) is 6.81. The number of benzene rings is 1. The summed E-state index contributed by atoms with van der Waals surface area (Å²) in [5, 5.41) is 3.26. The van der Waals surface area contributed by atoms with Gasteiger partial charge in [-0.1, -0.05) is 28.9 Å². The van der Waals surface area contributed by atoms with Crippen molar-refractivity contribution in [1.29, 1.82) is 0 Å². The van der Waals surface area contributed by atoms with Gasteiger partial charge < -0.3 is 10.1 Å². The third-order valence-corrected chi connectivity index (χ3v) is 3.47. The molecule has 106 valence electrons. The van der Waals surface area contributed by atoms with E-state index in [1.54, 1.807) is 0 Å². The third kappa shape index (κ3) is 3.77. The van der Waals surface area contributed by atoms with E-state index < -0.39 is 0 Å². The lowest BCUT2D eigenvalue weighted by atomic mass is 10.2. The molecule has 0 spiro atoms. The summed E-state index contributed by atoms with van der Waals surface area (Å²) in [6.45, 7) is 7.74. The van der Waals surface area contributed by atoms with Crippen LogP contribution in [0.4, 0.5) is 0 Å². The maximum absolute atomic E-state index is 5.76. The molecule has 0 aliphatic heterocycles. The van der Waals surface area contributed by atoms with Crippen molar-refractivity contribution < 1.29 is 4.74 Å². The molecule has 1 aromatic heterocycles. The van der Waals surface area contributed by atoms with Gasteiger partial charge in [-0.25, -0.2) is 4.98 Å². The van der Waals surface area contributed by atoms with Crippen LogP contribution >= 0.6 is 15.9 Å². The SMILES string of the molecule is CCNCc1cnc(Oc2cc(Br)ccc2C)nc1C. The Hall–Kier alpha value is -1.46. The van der Waals surface area contributed by atoms with Crippen molar-refractivity contribution in [2.45, 2.75) is 27.3 Å². The van der Waals surface area contributed by atoms with E-state index in [1.807, 2.05) is 38.2 Å². The van der Waals surface area contributed by atoms with Gasteiger partial charge in [0.05, 0.1) is 0 Å². The van der Waals surface area contributed by atoms with E-state index in [0.717, 1.165) is 40.1 Å². The van der Waals surface area contributed by atoms with Crippen LogP contribution in [-0.2, 0) is 6.54 Å². The molecule has 1 aromatic carbocycles. The Labute approximate surface area is 127 Å². The Morgan fingerprint density at radius 3 is 2.80 bits per heavy atom. The minimum absolute atomic E-state index is 0.379. The zero-order valence-corrected chi connectivity index (χ0v) is 13.5. The summed E-state index contributed by atoms with van der Waals surface area (Å²) in [4.78, 5) is 8.67. The number of hydrogen-bond donors (Lipinski definition) is 1. The van der Waals surface area contributed by atoms with Crippen molar-refractivity contribution >= 4 is 15.9 Å². The molecule has 1 heterocycles. The highest BCUT2D eigenvalue weighted by atomic mass is 79.9. The first-order chi connectivity index (χ1) is 9.60. The summed E-state index contributed by atoms with van der Waals surface area (Å²) in [5.74, 6) is 0.762. The molecule has 0 saturated carbocycles. The molecule has 5 heteroatoms. The number of aromatic nitrogens is 2. The molecule has 0 atom stereocenters. The molecule has 2 aromatic rings. The molecule has 2 rings (SSSR count). The van der Waals surface area contributed by atoms with Crippen LogP contribution in [0.3, 0.4) is 0 Å². The van der Waals surface area contributed by atoms with Gasteiger partial charge in [0.2, 0.25) is 0 Å². The van der Waals surface area contributed by atoms with Crippen LogP contribution < -0.4 is 10.1 Å². The topological polar surface area (TPSA) is 47.0 Å². The van der Waals surface area contributed by atoms with Gasteiger partial charge in [0.25, 0.3) is 0 Å². The monoisotopic (exact) mass is 335 g/mol. The Balaban J connectivity index is 2.17. The fraction of sp³-hybridized carbons (Fsp3) is 0.333. The quantitative estimate of drug-likeness (QED) is 0.903. The van der Waals surface area contributed by atoms with Gasteiger partial charge in [-0.2, -0.15) is 4.98 Å². The van der Waals surface area contributed by atoms with E-state index in [0.29, 0.717) is 6.01 Å². The summed E-state index contributed by atoms with van der Waals surface area (Å²) in [6.07, 6.45) is 1.81. The molecule has 4 nitrogen and oxygen atoms in total. The highest BCUT2D eigenvalue weighted by molar-refractivity contribution is 9.10. The second-order valence-electron chi connectivity index (χ2n) is 4.56. The molecule has 0 aliphatic carbocycles. The van der Waals surface area contributed by atoms with E-state index in [1.165, 1.54) is 0 Å². The van der Waals surface area contributed by atoms with Crippen molar-refractivity contribution in [1.82, 2.24) is 15.3 Å². The average Bonchev–Trinajstić information content (AvgIpc) is 2.42. The summed E-state index contributed by atoms with van der Waals surface area (Å²) < 4.78 is 6.73. The minimum Gasteiger partial charge on any atom is -0.424 e. The van der Waals surface area contributed by atoms with Crippen LogP contribution in [-0.4, -0.2) is 16.5 Å². The lowest BCUT2D eigenvalue weighted by molar-refractivity contribution is 0.435. The van der Waals surface area contributed by atoms with E-state index in [-0.39, 0.29) is 0 Å². The van der Waals surface area contributed by atoms with Crippen molar-refractivity contribution in [3.63, 3.8) is 0 Å². The van der Waals surface area contributed by atoms with Crippen LogP contribution in [0.5, 0.6) is 11.8 Å². The van der Waals surface area contributed by atoms with Crippen LogP contribution in [0.15, 0.2) is 28.9 Å². The Bertz CT molecular complexity index is 602. The molecule has 20 heavy (non-hydrogen) atoms. The first-order valence-electron chi connectivity index (χ1n) is 6.57. The van der Waals surface area contributed by atoms with Crippen molar-refractivity contribution in [2.75, 3.05) is 6.54 Å². The summed E-state index contributed by atoms with van der Waals surface area (Å²) in [7, 11) is 0. The summed E-state index contributed by atoms with van der Waals surface area (Å²) >= 11 is 3.44. The predicted molar refractivity (Wildman–Crippen MR) is 83.1 cm³/mol. The number of nitrogens with zero attached hydrogens (tertiary/aromatic N) is 2. The predicted octanol–water partition coefficient (Wildman–Crippen LogP) is 3.76. The molecule has 0 unspecified atom stereocenters. The maximum Gasteiger partial charge on any atom is 0.322 e. The smallest absolute Gasteiger partial charge is 0.322 e. The fourth-order valence-electron chi connectivity index (χ4n) is 1.74. The normalized spacial score (nSPS) is 10.6. The minimum atomic E-state index is 0.379. The lowest BCUT2D eigenvalue weighted by Gasteiger charge is -2.10. The number of hydrogen-bond acceptors (Lipinski definition) is 4. The number of ether oxygens (including phenoxy) is 1. The van der Waals surface area contributed by atoms with Gasteiger partial charge in [0, 0.05) is 28.5 Å². The Morgan fingerprint density at radius 2 is 2.10 bits per heavy atom. The maximum atomic E-state index is 5.76. The largest absolute Gasteiger partial charge is 0.424 e. The number of nitrogens with one attached hydrogen (secondary N) is 1. The second-order valence-corrected chi connectivity index (χ2v) is 5.47. The first-order valence-corrected chi connectivity index (χ1v) is 7.36. The first kappa shape index (κ1) is 14.9. The molecule has 0 amide bonds. The van der Waals surface area contributed by atoms with Gasteiger partial charge in [0.15, 0.2) is 0 Å². The van der Waals surface area contributed by atoms with Gasteiger partial charge >= 0.3 is 6.01 Å². The van der Waals surface area contributed by atoms with E-state index in [9.17, 15) is 0 Å². The Morgan fingerprint density at radius 1 is 1.30 bits per heavy atom. The highest BCUT2D eigenvalue weighted by Gasteiger charge is 2.07. The van der Waals surface area contributed by atoms with E-state index >= 15 is 0 Å². The van der Waals surface area contributed by atoms with Crippen LogP contribution in [0.2, 0.25) is 0 Å². The van der Waals surface area contributed by atoms with Gasteiger partial charge in [0.1, 0.15) is 5.75 Å². The van der Waals surface area contributed by atoms with Crippen molar-refractivity contribution in [3.8, 4) is 11.8 Å². The zero-order chi connectivity index (χ0) is 14.5. The third-order valence-electron chi connectivity index (χ3n) is 2.98. The van der Waals surface area contributed by atoms with Gasteiger partial charge in [-0.15, -0.1) is 0 Å². The molecule has 1 N–H and O–H groups in total. The zero-order valence-electron chi connectivity index (χ0n) is 11.9. The molecule has 0 bridgehead atoms. The standard InChI is InChI=1S/C15H18BrN3O/c1-4-17-8-12-9-18-15(19-11(12)3)20-14-7-13(16)6-5-10(14)2/h5-7,9,17H,4,8H2,1-3H3. The fourth-order valence-corrected chi connectivity index (χ4v) is 2.08. The molecular formula is C15H18BrN3O. The molecule has 0 radical (unpaired) electrons. The average molecular weight is 336 g/mol. The van der Waals surface area contributed by atoms with Crippen molar-refractivity contribution in [3.05, 3.63) is 45.7 Å². The van der Waals surface area contributed by atoms with Gasteiger partial charge in [-0.3, -0.25) is 0 Å². The molecule has 0 aliphatic rings. The van der Waals surface area contributed by atoms with Crippen LogP contribution in [0.1, 0.15) is 23.7 Å². The van der Waals surface area contributed by atoms with Crippen LogP contribution in [0, 0.1) is 13.8 Å². The molecule has 0 saturated heterocycles. The Kier molecular flexibility index (Phi) is 5.09. The molecule has 0 fully saturated rings. The van der Waals surface area contributed by atoms with Crippen LogP contribution in [0.25, 0.3) is 0 Å².